The molecule has 0 atom stereocenters. The first-order valence-corrected chi connectivity index (χ1v) is 12.0. The van der Waals surface area contributed by atoms with Crippen molar-refractivity contribution in [2.75, 3.05) is 0 Å². The Morgan fingerprint density at radius 1 is 1.16 bits per heavy atom. The average Bonchev–Trinajstić information content (AvgIpc) is 2.74. The van der Waals surface area contributed by atoms with Gasteiger partial charge in [0.1, 0.15) is 0 Å². The van der Waals surface area contributed by atoms with Gasteiger partial charge in [-0.05, 0) is 56.5 Å². The fourth-order valence-electron chi connectivity index (χ4n) is 3.40. The van der Waals surface area contributed by atoms with Crippen LogP contribution in [-0.2, 0) is 27.9 Å². The van der Waals surface area contributed by atoms with Crippen molar-refractivity contribution in [3.63, 3.8) is 0 Å². The molecule has 0 unspecified atom stereocenters. The largest absolute Gasteiger partial charge is 0.352 e. The number of amides is 1. The summed E-state index contributed by atoms with van der Waals surface area (Å²) in [6.07, 6.45) is 2.25. The number of carbonyl (C=O) groups is 1. The van der Waals surface area contributed by atoms with Gasteiger partial charge in [0.25, 0.3) is 5.56 Å². The smallest absolute Gasteiger partial charge is 0.261 e. The number of carbonyl (C=O) groups excluding carboxylic acids is 1. The molecule has 0 saturated carbocycles. The van der Waals surface area contributed by atoms with E-state index in [0.717, 1.165) is 5.56 Å². The third kappa shape index (κ3) is 5.80. The monoisotopic (exact) mass is 456 g/mol. The molecule has 0 aliphatic heterocycles. The van der Waals surface area contributed by atoms with Crippen LogP contribution in [0.25, 0.3) is 10.9 Å². The second-order valence-corrected chi connectivity index (χ2v) is 9.73. The van der Waals surface area contributed by atoms with Crippen LogP contribution >= 0.6 is 0 Å². The Balaban J connectivity index is 1.54. The van der Waals surface area contributed by atoms with Gasteiger partial charge in [0.05, 0.1) is 22.1 Å². The lowest BCUT2D eigenvalue weighted by molar-refractivity contribution is -0.121. The zero-order valence-corrected chi connectivity index (χ0v) is 19.3. The molecule has 8 nitrogen and oxygen atoms in total. The van der Waals surface area contributed by atoms with Gasteiger partial charge in [-0.15, -0.1) is 0 Å². The van der Waals surface area contributed by atoms with Crippen LogP contribution in [0, 0.1) is 6.92 Å². The topological polar surface area (TPSA) is 110 Å². The number of fused-ring (bicyclic) bond motifs is 1. The first-order chi connectivity index (χ1) is 15.2. The lowest BCUT2D eigenvalue weighted by Crippen LogP contribution is -2.30. The highest BCUT2D eigenvalue weighted by Gasteiger charge is 2.15. The number of aromatic nitrogens is 2. The van der Waals surface area contributed by atoms with E-state index in [-0.39, 0.29) is 35.4 Å². The molecule has 0 bridgehead atoms. The number of nitrogens with one attached hydrogen (secondary N) is 2. The Labute approximate surface area is 187 Å². The maximum atomic E-state index is 12.6. The third-order valence-corrected chi connectivity index (χ3v) is 6.60. The summed E-state index contributed by atoms with van der Waals surface area (Å²) in [5.74, 6) is -0.170. The first-order valence-electron chi connectivity index (χ1n) is 10.5. The van der Waals surface area contributed by atoms with Gasteiger partial charge in [-0.3, -0.25) is 14.2 Å². The van der Waals surface area contributed by atoms with Gasteiger partial charge >= 0.3 is 0 Å². The van der Waals surface area contributed by atoms with Gasteiger partial charge in [0, 0.05) is 25.6 Å². The molecule has 0 fully saturated rings. The second-order valence-electron chi connectivity index (χ2n) is 8.02. The van der Waals surface area contributed by atoms with Crippen molar-refractivity contribution in [3.05, 3.63) is 70.3 Å². The van der Waals surface area contributed by atoms with Crippen molar-refractivity contribution in [2.45, 2.75) is 57.6 Å². The van der Waals surface area contributed by atoms with Crippen LogP contribution in [0.5, 0.6) is 0 Å². The Morgan fingerprint density at radius 2 is 1.91 bits per heavy atom. The zero-order chi connectivity index (χ0) is 23.3. The lowest BCUT2D eigenvalue weighted by atomic mass is 10.1. The fraction of sp³-hybridized carbons (Fsp3) is 0.348. The summed E-state index contributed by atoms with van der Waals surface area (Å²) in [6, 6.07) is 11.8. The first kappa shape index (κ1) is 23.6. The molecule has 3 aromatic rings. The number of hydrogen-bond donors (Lipinski definition) is 2. The van der Waals surface area contributed by atoms with E-state index >= 15 is 0 Å². The highest BCUT2D eigenvalue weighted by Crippen LogP contribution is 2.13. The molecule has 9 heteroatoms. The van der Waals surface area contributed by atoms with Crippen molar-refractivity contribution in [2.24, 2.45) is 0 Å². The molecule has 2 N–H and O–H groups in total. The average molecular weight is 457 g/mol. The predicted molar refractivity (Wildman–Crippen MR) is 124 cm³/mol. The highest BCUT2D eigenvalue weighted by atomic mass is 32.2. The van der Waals surface area contributed by atoms with Crippen LogP contribution in [0.3, 0.4) is 0 Å². The number of sulfonamides is 1. The highest BCUT2D eigenvalue weighted by molar-refractivity contribution is 7.89. The quantitative estimate of drug-likeness (QED) is 0.514. The van der Waals surface area contributed by atoms with E-state index in [0.29, 0.717) is 29.4 Å². The maximum Gasteiger partial charge on any atom is 0.261 e. The van der Waals surface area contributed by atoms with Crippen LogP contribution in [-0.4, -0.2) is 29.9 Å². The summed E-state index contributed by atoms with van der Waals surface area (Å²) in [6.45, 7) is 6.03. The maximum absolute atomic E-state index is 12.6. The Bertz CT molecular complexity index is 1280. The summed E-state index contributed by atoms with van der Waals surface area (Å²) in [5, 5.41) is 3.37. The molecule has 0 aliphatic carbocycles. The molecule has 1 amide bonds. The van der Waals surface area contributed by atoms with Crippen LogP contribution in [0.4, 0.5) is 0 Å². The van der Waals surface area contributed by atoms with Gasteiger partial charge in [-0.2, -0.15) is 0 Å². The van der Waals surface area contributed by atoms with Crippen molar-refractivity contribution in [3.8, 4) is 0 Å². The molecule has 2 aromatic carbocycles. The minimum Gasteiger partial charge on any atom is -0.352 e. The SMILES string of the molecule is Cc1cccc2c(=O)n(CCCC(=O)NCc3cccc(S(=O)(=O)NC(C)C)c3)cnc12. The number of hydrogen-bond acceptors (Lipinski definition) is 5. The van der Waals surface area contributed by atoms with Gasteiger partial charge in [0.15, 0.2) is 0 Å². The Morgan fingerprint density at radius 3 is 2.66 bits per heavy atom. The molecule has 1 heterocycles. The minimum atomic E-state index is -3.59. The Kier molecular flexibility index (Phi) is 7.42. The normalized spacial score (nSPS) is 11.8. The molecule has 32 heavy (non-hydrogen) atoms. The van der Waals surface area contributed by atoms with E-state index in [1.54, 1.807) is 38.1 Å². The molecule has 0 spiro atoms. The Hall–Kier alpha value is -3.04. The molecular weight excluding hydrogens is 428 g/mol. The summed E-state index contributed by atoms with van der Waals surface area (Å²) in [5.41, 5.74) is 2.21. The summed E-state index contributed by atoms with van der Waals surface area (Å²) < 4.78 is 28.7. The standard InChI is InChI=1S/C23H28N4O4S/c1-16(2)26-32(30,31)19-9-5-8-18(13-19)14-24-21(28)11-6-12-27-15-25-22-17(3)7-4-10-20(22)23(27)29/h4-5,7-10,13,15-16,26H,6,11-12,14H2,1-3H3,(H,24,28). The second kappa shape index (κ2) is 10.1. The molecule has 0 radical (unpaired) electrons. The lowest BCUT2D eigenvalue weighted by Gasteiger charge is -2.11. The van der Waals surface area contributed by atoms with Crippen molar-refractivity contribution < 1.29 is 13.2 Å². The van der Waals surface area contributed by atoms with Crippen LogP contribution in [0.2, 0.25) is 0 Å². The van der Waals surface area contributed by atoms with E-state index in [9.17, 15) is 18.0 Å². The van der Waals surface area contributed by atoms with E-state index < -0.39 is 10.0 Å². The van der Waals surface area contributed by atoms with Crippen molar-refractivity contribution in [1.29, 1.82) is 0 Å². The van der Waals surface area contributed by atoms with Crippen LogP contribution in [0.1, 0.15) is 37.8 Å². The molecule has 170 valence electrons. The van der Waals surface area contributed by atoms with Gasteiger partial charge in [0.2, 0.25) is 15.9 Å². The van der Waals surface area contributed by atoms with E-state index in [1.807, 2.05) is 19.1 Å². The van der Waals surface area contributed by atoms with Gasteiger partial charge < -0.3 is 5.32 Å². The molecule has 0 saturated heterocycles. The van der Waals surface area contributed by atoms with Gasteiger partial charge in [-0.25, -0.2) is 18.1 Å². The number of aryl methyl sites for hydroxylation is 2. The summed E-state index contributed by atoms with van der Waals surface area (Å²) in [4.78, 5) is 29.4. The predicted octanol–water partition coefficient (Wildman–Crippen LogP) is 2.49. The molecular formula is C23H28N4O4S. The third-order valence-electron chi connectivity index (χ3n) is 4.95. The van der Waals surface area contributed by atoms with Crippen LogP contribution < -0.4 is 15.6 Å². The number of benzene rings is 2. The summed E-state index contributed by atoms with van der Waals surface area (Å²) in [7, 11) is -3.59. The van der Waals surface area contributed by atoms with E-state index in [1.165, 1.54) is 17.0 Å². The molecule has 3 rings (SSSR count). The fourth-order valence-corrected chi connectivity index (χ4v) is 4.72. The van der Waals surface area contributed by atoms with Crippen molar-refractivity contribution in [1.82, 2.24) is 19.6 Å². The number of rotatable bonds is 9. The number of nitrogens with zero attached hydrogens (tertiary/aromatic N) is 2. The van der Waals surface area contributed by atoms with Crippen LogP contribution in [0.15, 0.2) is 58.5 Å². The van der Waals surface area contributed by atoms with Gasteiger partial charge in [-0.1, -0.05) is 24.3 Å². The van der Waals surface area contributed by atoms with Crippen molar-refractivity contribution >= 4 is 26.8 Å². The van der Waals surface area contributed by atoms with E-state index in [2.05, 4.69) is 15.0 Å². The summed E-state index contributed by atoms with van der Waals surface area (Å²) >= 11 is 0. The van der Waals surface area contributed by atoms with E-state index in [4.69, 9.17) is 0 Å². The minimum absolute atomic E-state index is 0.118. The zero-order valence-electron chi connectivity index (χ0n) is 18.5. The number of para-hydroxylation sites is 1. The molecule has 0 aliphatic rings. The molecule has 1 aromatic heterocycles.